The monoisotopic (exact) mass is 299 g/mol. The third kappa shape index (κ3) is 2.96. The van der Waals surface area contributed by atoms with Crippen LogP contribution in [0.4, 0.5) is 23.4 Å². The molecule has 2 rings (SSSR count). The maximum atomic E-state index is 13.7. The molecule has 0 atom stereocenters. The topological polar surface area (TPSA) is 37.8 Å². The second-order valence-corrected chi connectivity index (χ2v) is 4.35. The minimum absolute atomic E-state index is 0.288. The maximum absolute atomic E-state index is 13.7. The fourth-order valence-electron chi connectivity index (χ4n) is 2.10. The van der Waals surface area contributed by atoms with E-state index in [2.05, 4.69) is 15.3 Å². The van der Waals surface area contributed by atoms with Gasteiger partial charge in [0.25, 0.3) is 0 Å². The lowest BCUT2D eigenvalue weighted by atomic mass is 10.0. The van der Waals surface area contributed by atoms with E-state index in [1.54, 1.807) is 7.05 Å². The van der Waals surface area contributed by atoms with E-state index >= 15 is 0 Å². The van der Waals surface area contributed by atoms with Crippen molar-refractivity contribution < 1.29 is 17.6 Å². The average Bonchev–Trinajstić information content (AvgIpc) is 2.44. The van der Waals surface area contributed by atoms with Gasteiger partial charge in [0.15, 0.2) is 0 Å². The summed E-state index contributed by atoms with van der Waals surface area (Å²) in [4.78, 5) is 8.10. The highest BCUT2D eigenvalue weighted by Gasteiger charge is 2.34. The lowest BCUT2D eigenvalue weighted by Crippen LogP contribution is -2.08. The van der Waals surface area contributed by atoms with Gasteiger partial charge in [0.1, 0.15) is 18.0 Å². The molecule has 0 spiro atoms. The molecule has 0 aliphatic carbocycles. The van der Waals surface area contributed by atoms with Gasteiger partial charge in [-0.3, -0.25) is 0 Å². The number of hydrogen-bond acceptors (Lipinski definition) is 3. The molecule has 0 fully saturated rings. The van der Waals surface area contributed by atoms with E-state index in [1.807, 2.05) is 6.92 Å². The van der Waals surface area contributed by atoms with E-state index in [9.17, 15) is 17.6 Å². The Labute approximate surface area is 119 Å². The van der Waals surface area contributed by atoms with Crippen LogP contribution in [0.2, 0.25) is 0 Å². The third-order valence-electron chi connectivity index (χ3n) is 3.08. The van der Waals surface area contributed by atoms with E-state index in [4.69, 9.17) is 0 Å². The molecular weight excluding hydrogens is 286 g/mol. The van der Waals surface area contributed by atoms with Gasteiger partial charge in [-0.25, -0.2) is 14.4 Å². The molecule has 1 heterocycles. The first-order chi connectivity index (χ1) is 9.88. The second kappa shape index (κ2) is 5.67. The third-order valence-corrected chi connectivity index (χ3v) is 3.08. The molecule has 3 nitrogen and oxygen atoms in total. The summed E-state index contributed by atoms with van der Waals surface area (Å²) in [7, 11) is 1.68. The minimum atomic E-state index is -4.71. The molecule has 1 N–H and O–H groups in total. The van der Waals surface area contributed by atoms with E-state index in [-0.39, 0.29) is 5.56 Å². The van der Waals surface area contributed by atoms with E-state index in [0.717, 1.165) is 17.7 Å². The molecule has 0 radical (unpaired) electrons. The van der Waals surface area contributed by atoms with Gasteiger partial charge in [-0.1, -0.05) is 13.0 Å². The summed E-state index contributed by atoms with van der Waals surface area (Å²) in [6, 6.07) is 2.79. The van der Waals surface area contributed by atoms with Gasteiger partial charge in [-0.05, 0) is 18.6 Å². The number of anilines is 1. The van der Waals surface area contributed by atoms with Crippen LogP contribution in [0.3, 0.4) is 0 Å². The lowest BCUT2D eigenvalue weighted by Gasteiger charge is -2.13. The predicted octanol–water partition coefficient (Wildman–Crippen LogP) is 3.91. The van der Waals surface area contributed by atoms with E-state index < -0.39 is 17.6 Å². The fraction of sp³-hybridized carbons (Fsp3) is 0.286. The molecule has 0 aliphatic heterocycles. The quantitative estimate of drug-likeness (QED) is 0.873. The highest BCUT2D eigenvalue weighted by molar-refractivity contribution is 5.68. The van der Waals surface area contributed by atoms with Crippen molar-refractivity contribution in [3.8, 4) is 11.3 Å². The van der Waals surface area contributed by atoms with Crippen molar-refractivity contribution in [1.29, 1.82) is 0 Å². The van der Waals surface area contributed by atoms with Gasteiger partial charge in [-0.15, -0.1) is 0 Å². The van der Waals surface area contributed by atoms with Crippen molar-refractivity contribution in [2.75, 3.05) is 12.4 Å². The minimum Gasteiger partial charge on any atom is -0.373 e. The number of nitrogens with zero attached hydrogens (tertiary/aromatic N) is 2. The van der Waals surface area contributed by atoms with Gasteiger partial charge in [0.2, 0.25) is 0 Å². The van der Waals surface area contributed by atoms with Crippen LogP contribution in [0, 0.1) is 5.82 Å². The van der Waals surface area contributed by atoms with Crippen LogP contribution in [-0.4, -0.2) is 17.0 Å². The summed E-state index contributed by atoms with van der Waals surface area (Å²) in [5.41, 5.74) is 0.145. The Balaban J connectivity index is 2.56. The Hall–Kier alpha value is -2.18. The predicted molar refractivity (Wildman–Crippen MR) is 71.4 cm³/mol. The molecule has 0 saturated heterocycles. The van der Waals surface area contributed by atoms with Crippen LogP contribution in [0.1, 0.15) is 18.1 Å². The highest BCUT2D eigenvalue weighted by Crippen LogP contribution is 2.34. The number of halogens is 4. The largest absolute Gasteiger partial charge is 0.419 e. The van der Waals surface area contributed by atoms with Crippen molar-refractivity contribution in [3.63, 3.8) is 0 Å². The summed E-state index contributed by atoms with van der Waals surface area (Å²) in [5, 5.41) is 2.88. The Morgan fingerprint density at radius 1 is 1.19 bits per heavy atom. The molecule has 0 amide bonds. The van der Waals surface area contributed by atoms with Crippen LogP contribution in [0.15, 0.2) is 24.5 Å². The average molecular weight is 299 g/mol. The molecule has 2 aromatic rings. The molecule has 112 valence electrons. The van der Waals surface area contributed by atoms with Crippen LogP contribution < -0.4 is 5.32 Å². The molecule has 0 unspecified atom stereocenters. The zero-order valence-electron chi connectivity index (χ0n) is 11.4. The highest BCUT2D eigenvalue weighted by atomic mass is 19.4. The maximum Gasteiger partial charge on any atom is 0.419 e. The summed E-state index contributed by atoms with van der Waals surface area (Å²) >= 11 is 0. The summed E-state index contributed by atoms with van der Waals surface area (Å²) in [5.74, 6) is -0.741. The number of aromatic nitrogens is 2. The zero-order chi connectivity index (χ0) is 15.6. The van der Waals surface area contributed by atoms with Gasteiger partial charge >= 0.3 is 6.18 Å². The Morgan fingerprint density at radius 2 is 1.90 bits per heavy atom. The normalized spacial score (nSPS) is 11.5. The first-order valence-electron chi connectivity index (χ1n) is 6.27. The van der Waals surface area contributed by atoms with Crippen LogP contribution in [-0.2, 0) is 12.6 Å². The fourth-order valence-corrected chi connectivity index (χ4v) is 2.10. The lowest BCUT2D eigenvalue weighted by molar-refractivity contribution is -0.139. The van der Waals surface area contributed by atoms with Gasteiger partial charge in [0.05, 0.1) is 11.3 Å². The Morgan fingerprint density at radius 3 is 2.43 bits per heavy atom. The summed E-state index contributed by atoms with van der Waals surface area (Å²) in [6.45, 7) is 1.86. The van der Waals surface area contributed by atoms with Crippen molar-refractivity contribution in [1.82, 2.24) is 9.97 Å². The molecule has 0 aliphatic rings. The Kier molecular flexibility index (Phi) is 4.11. The molecule has 21 heavy (non-hydrogen) atoms. The molecule has 7 heteroatoms. The molecule has 0 saturated carbocycles. The van der Waals surface area contributed by atoms with Crippen molar-refractivity contribution >= 4 is 5.82 Å². The summed E-state index contributed by atoms with van der Waals surface area (Å²) < 4.78 is 51.4. The smallest absolute Gasteiger partial charge is 0.373 e. The van der Waals surface area contributed by atoms with Crippen molar-refractivity contribution in [2.45, 2.75) is 19.5 Å². The van der Waals surface area contributed by atoms with Crippen LogP contribution >= 0.6 is 0 Å². The molecular formula is C14H13F4N3. The van der Waals surface area contributed by atoms with E-state index in [0.29, 0.717) is 17.9 Å². The molecule has 0 bridgehead atoms. The van der Waals surface area contributed by atoms with E-state index in [1.165, 1.54) is 12.4 Å². The SMILES string of the molecule is CCc1c(NC)ncnc1-c1ccc(C(F)(F)F)c(F)c1. The number of alkyl halides is 3. The number of benzene rings is 1. The van der Waals surface area contributed by atoms with Gasteiger partial charge < -0.3 is 5.32 Å². The zero-order valence-corrected chi connectivity index (χ0v) is 11.4. The van der Waals surface area contributed by atoms with Gasteiger partial charge in [-0.2, -0.15) is 13.2 Å². The number of nitrogens with one attached hydrogen (secondary N) is 1. The van der Waals surface area contributed by atoms with Crippen LogP contribution in [0.25, 0.3) is 11.3 Å². The van der Waals surface area contributed by atoms with Gasteiger partial charge in [0, 0.05) is 18.2 Å². The molecule has 1 aromatic heterocycles. The Bertz CT molecular complexity index is 653. The first kappa shape index (κ1) is 15.2. The van der Waals surface area contributed by atoms with Crippen LogP contribution in [0.5, 0.6) is 0 Å². The standard InChI is InChI=1S/C14H13F4N3/c1-3-9-12(20-7-21-13(9)19-2)8-4-5-10(11(15)6-8)14(16,17)18/h4-7H,3H2,1-2H3,(H,19,20,21). The number of hydrogen-bond donors (Lipinski definition) is 1. The number of rotatable bonds is 3. The summed E-state index contributed by atoms with van der Waals surface area (Å²) in [6.07, 6.45) is -2.86. The second-order valence-electron chi connectivity index (χ2n) is 4.35. The van der Waals surface area contributed by atoms with Crippen molar-refractivity contribution in [3.05, 3.63) is 41.5 Å². The molecule has 1 aromatic carbocycles. The first-order valence-corrected chi connectivity index (χ1v) is 6.27. The van der Waals surface area contributed by atoms with Crippen molar-refractivity contribution in [2.24, 2.45) is 0 Å².